The van der Waals surface area contributed by atoms with Crippen LogP contribution in [-0.4, -0.2) is 28.4 Å². The van der Waals surface area contributed by atoms with Gasteiger partial charge >= 0.3 is 0 Å². The number of fused-ring (bicyclic) bond motifs is 2. The van der Waals surface area contributed by atoms with Crippen LogP contribution in [0.4, 0.5) is 4.39 Å². The van der Waals surface area contributed by atoms with Gasteiger partial charge in [-0.1, -0.05) is 60.7 Å². The summed E-state index contributed by atoms with van der Waals surface area (Å²) < 4.78 is 35.8. The fourth-order valence-corrected chi connectivity index (χ4v) is 5.44. The molecule has 0 unspecified atom stereocenters. The monoisotopic (exact) mass is 624 g/mol. The summed E-state index contributed by atoms with van der Waals surface area (Å²) in [4.78, 5) is 0. The molecule has 4 nitrogen and oxygen atoms in total. The van der Waals surface area contributed by atoms with Crippen molar-refractivity contribution >= 4 is 37.5 Å². The van der Waals surface area contributed by atoms with Crippen LogP contribution in [0, 0.1) is 5.82 Å². The first-order chi connectivity index (χ1) is 20.4. The smallest absolute Gasteiger partial charge is 0.172 e. The summed E-state index contributed by atoms with van der Waals surface area (Å²) in [6, 6.07) is 35.5. The van der Waals surface area contributed by atoms with Gasteiger partial charge in [0, 0.05) is 5.39 Å². The minimum atomic E-state index is -0.323. The van der Waals surface area contributed by atoms with E-state index in [1.165, 1.54) is 23.6 Å². The maximum absolute atomic E-state index is 14.2. The third kappa shape index (κ3) is 6.04. The van der Waals surface area contributed by atoms with Crippen molar-refractivity contribution in [3.05, 3.63) is 119 Å². The summed E-state index contributed by atoms with van der Waals surface area (Å²) in [7, 11) is 6.46. The van der Waals surface area contributed by atoms with Gasteiger partial charge in [0.15, 0.2) is 11.6 Å². The second-order valence-electron chi connectivity index (χ2n) is 9.49. The molecule has 212 valence electrons. The highest BCUT2D eigenvalue weighted by Gasteiger charge is 2.09. The van der Waals surface area contributed by atoms with E-state index in [9.17, 15) is 4.39 Å². The molecule has 0 saturated carbocycles. The molecule has 0 heterocycles. The minimum absolute atomic E-state index is 0.264. The average Bonchev–Trinajstić information content (AvgIpc) is 3.05. The molecule has 6 heteroatoms. The lowest BCUT2D eigenvalue weighted by Gasteiger charge is -2.09. The second kappa shape index (κ2) is 13.0. The van der Waals surface area contributed by atoms with Crippen LogP contribution >= 0.6 is 15.9 Å². The number of rotatable bonds is 6. The molecule has 0 fully saturated rings. The summed E-state index contributed by atoms with van der Waals surface area (Å²) in [5.41, 5.74) is 4.45. The van der Waals surface area contributed by atoms with Crippen molar-refractivity contribution in [3.63, 3.8) is 0 Å². The summed E-state index contributed by atoms with van der Waals surface area (Å²) in [5, 5.41) is 3.73. The normalized spacial score (nSPS) is 10.6. The Hall–Kier alpha value is -4.55. The van der Waals surface area contributed by atoms with Gasteiger partial charge in [0.2, 0.25) is 0 Å². The van der Waals surface area contributed by atoms with Gasteiger partial charge in [-0.15, -0.1) is 0 Å². The number of ether oxygens (including phenoxy) is 4. The van der Waals surface area contributed by atoms with E-state index in [2.05, 4.69) is 52.3 Å². The Morgan fingerprint density at radius 3 is 1.36 bits per heavy atom. The first kappa shape index (κ1) is 29.0. The molecular formula is C36H30BrFO4. The predicted octanol–water partition coefficient (Wildman–Crippen LogP) is 9.95. The van der Waals surface area contributed by atoms with E-state index >= 15 is 0 Å². The molecule has 6 aromatic rings. The highest BCUT2D eigenvalue weighted by molar-refractivity contribution is 9.10. The van der Waals surface area contributed by atoms with Crippen LogP contribution in [-0.2, 0) is 0 Å². The van der Waals surface area contributed by atoms with Crippen LogP contribution in [0.5, 0.6) is 23.0 Å². The van der Waals surface area contributed by atoms with Crippen molar-refractivity contribution in [1.29, 1.82) is 0 Å². The number of benzene rings is 6. The maximum atomic E-state index is 14.2. The van der Waals surface area contributed by atoms with Gasteiger partial charge in [-0.05, 0) is 103 Å². The van der Waals surface area contributed by atoms with Crippen LogP contribution in [0.1, 0.15) is 0 Å². The zero-order valence-electron chi connectivity index (χ0n) is 23.8. The van der Waals surface area contributed by atoms with E-state index in [1.54, 1.807) is 33.5 Å². The van der Waals surface area contributed by atoms with Crippen LogP contribution < -0.4 is 18.9 Å². The van der Waals surface area contributed by atoms with Crippen molar-refractivity contribution in [1.82, 2.24) is 0 Å². The molecule has 0 bridgehead atoms. The molecule has 42 heavy (non-hydrogen) atoms. The van der Waals surface area contributed by atoms with Crippen LogP contribution in [0.3, 0.4) is 0 Å². The Morgan fingerprint density at radius 2 is 0.881 bits per heavy atom. The lowest BCUT2D eigenvalue weighted by Crippen LogP contribution is -1.89. The van der Waals surface area contributed by atoms with Crippen molar-refractivity contribution in [2.24, 2.45) is 0 Å². The molecule has 0 aliphatic heterocycles. The SMILES string of the molecule is COc1ccc(-c2ccc3c(Br)c(OC)ccc3c2)cc1.COc1ccc(-c2ccc3c(F)c(OC)ccc3c2)cc1. The van der Waals surface area contributed by atoms with E-state index < -0.39 is 0 Å². The van der Waals surface area contributed by atoms with Crippen LogP contribution in [0.25, 0.3) is 43.8 Å². The molecule has 0 spiro atoms. The van der Waals surface area contributed by atoms with Crippen molar-refractivity contribution in [3.8, 4) is 45.3 Å². The van der Waals surface area contributed by atoms with Crippen molar-refractivity contribution in [2.75, 3.05) is 28.4 Å². The molecule has 0 amide bonds. The Labute approximate surface area is 253 Å². The summed E-state index contributed by atoms with van der Waals surface area (Å²) in [6.45, 7) is 0. The Balaban J connectivity index is 0.000000168. The molecule has 6 aromatic carbocycles. The number of hydrogen-bond acceptors (Lipinski definition) is 4. The summed E-state index contributed by atoms with van der Waals surface area (Å²) >= 11 is 3.60. The fourth-order valence-electron chi connectivity index (χ4n) is 4.79. The largest absolute Gasteiger partial charge is 0.497 e. The van der Waals surface area contributed by atoms with E-state index in [0.29, 0.717) is 5.39 Å². The Bertz CT molecular complexity index is 1700. The molecule has 0 atom stereocenters. The Kier molecular flexibility index (Phi) is 8.94. The van der Waals surface area contributed by atoms with Crippen molar-refractivity contribution < 1.29 is 23.3 Å². The van der Waals surface area contributed by atoms with E-state index in [4.69, 9.17) is 18.9 Å². The summed E-state index contributed by atoms with van der Waals surface area (Å²) in [6.07, 6.45) is 0. The van der Waals surface area contributed by atoms with E-state index in [1.807, 2.05) is 60.7 Å². The second-order valence-corrected chi connectivity index (χ2v) is 10.3. The molecule has 0 aliphatic rings. The lowest BCUT2D eigenvalue weighted by molar-refractivity contribution is 0.389. The lowest BCUT2D eigenvalue weighted by atomic mass is 10.0. The van der Waals surface area contributed by atoms with Gasteiger partial charge < -0.3 is 18.9 Å². The van der Waals surface area contributed by atoms with Crippen molar-refractivity contribution in [2.45, 2.75) is 0 Å². The predicted molar refractivity (Wildman–Crippen MR) is 173 cm³/mol. The van der Waals surface area contributed by atoms with Gasteiger partial charge in [0.1, 0.15) is 17.2 Å². The minimum Gasteiger partial charge on any atom is -0.497 e. The first-order valence-electron chi connectivity index (χ1n) is 13.3. The van der Waals surface area contributed by atoms with E-state index in [-0.39, 0.29) is 11.6 Å². The molecule has 0 aromatic heterocycles. The van der Waals surface area contributed by atoms with E-state index in [0.717, 1.165) is 43.6 Å². The highest BCUT2D eigenvalue weighted by atomic mass is 79.9. The quantitative estimate of drug-likeness (QED) is 0.185. The third-order valence-electron chi connectivity index (χ3n) is 7.12. The third-order valence-corrected chi connectivity index (χ3v) is 7.94. The molecule has 6 rings (SSSR count). The fraction of sp³-hybridized carbons (Fsp3) is 0.111. The number of halogens is 2. The molecule has 0 saturated heterocycles. The van der Waals surface area contributed by atoms with Gasteiger partial charge in [0.05, 0.1) is 32.9 Å². The highest BCUT2D eigenvalue weighted by Crippen LogP contribution is 2.35. The average molecular weight is 626 g/mol. The first-order valence-corrected chi connectivity index (χ1v) is 14.1. The maximum Gasteiger partial charge on any atom is 0.172 e. The number of methoxy groups -OCH3 is 4. The van der Waals surface area contributed by atoms with Gasteiger partial charge in [-0.25, -0.2) is 4.39 Å². The van der Waals surface area contributed by atoms with Crippen LogP contribution in [0.15, 0.2) is 114 Å². The zero-order chi connectivity index (χ0) is 29.6. The van der Waals surface area contributed by atoms with Gasteiger partial charge in [0.25, 0.3) is 0 Å². The van der Waals surface area contributed by atoms with Crippen LogP contribution in [0.2, 0.25) is 0 Å². The van der Waals surface area contributed by atoms with Gasteiger partial charge in [-0.3, -0.25) is 0 Å². The summed E-state index contributed by atoms with van der Waals surface area (Å²) in [5.74, 6) is 2.47. The zero-order valence-corrected chi connectivity index (χ0v) is 25.4. The number of hydrogen-bond donors (Lipinski definition) is 0. The van der Waals surface area contributed by atoms with Gasteiger partial charge in [-0.2, -0.15) is 0 Å². The molecule has 0 aliphatic carbocycles. The molecule has 0 N–H and O–H groups in total. The topological polar surface area (TPSA) is 36.9 Å². The molecular weight excluding hydrogens is 595 g/mol. The standard InChI is InChI=1S/C18H15BrO2.C18H15FO2/c2*1-20-15-7-3-12(4-8-15)13-5-9-16-14(11-13)6-10-17(21-2)18(16)19/h2*3-11H,1-2H3. The molecule has 0 radical (unpaired) electrons. The Morgan fingerprint density at radius 1 is 0.452 bits per heavy atom.